The molecule has 35 heavy (non-hydrogen) atoms. The molecular formula is C27H32F2N2O4. The number of likely N-dealkylation sites (tertiary alicyclic amines) is 1. The molecule has 2 aromatic carbocycles. The Morgan fingerprint density at radius 1 is 1.11 bits per heavy atom. The van der Waals surface area contributed by atoms with Gasteiger partial charge in [0.15, 0.2) is 11.6 Å². The van der Waals surface area contributed by atoms with Crippen LogP contribution in [0.15, 0.2) is 60.4 Å². The Balaban J connectivity index is 1.51. The molecule has 8 heteroatoms. The summed E-state index contributed by atoms with van der Waals surface area (Å²) in [5.41, 5.74) is 0.924. The van der Waals surface area contributed by atoms with Crippen molar-refractivity contribution in [1.29, 1.82) is 0 Å². The molecule has 6 nitrogen and oxygen atoms in total. The summed E-state index contributed by atoms with van der Waals surface area (Å²) in [5, 5.41) is 2.42. The normalized spacial score (nSPS) is 15.0. The van der Waals surface area contributed by atoms with E-state index in [9.17, 15) is 18.4 Å². The molecule has 1 saturated heterocycles. The second-order valence-electron chi connectivity index (χ2n) is 9.53. The Kier molecular flexibility index (Phi) is 8.84. The molecule has 1 aliphatic heterocycles. The number of carbonyl (C=O) groups excluding carboxylic acids is 2. The van der Waals surface area contributed by atoms with Gasteiger partial charge in [0.1, 0.15) is 12.2 Å². The molecule has 0 radical (unpaired) electrons. The van der Waals surface area contributed by atoms with Gasteiger partial charge in [0.2, 0.25) is 0 Å². The highest BCUT2D eigenvalue weighted by atomic mass is 19.1. The first kappa shape index (κ1) is 26.2. The predicted octanol–water partition coefficient (Wildman–Crippen LogP) is 5.60. The Labute approximate surface area is 204 Å². The van der Waals surface area contributed by atoms with Crippen LogP contribution in [0.1, 0.15) is 55.5 Å². The van der Waals surface area contributed by atoms with Gasteiger partial charge in [-0.15, -0.1) is 0 Å². The van der Waals surface area contributed by atoms with Gasteiger partial charge in [-0.05, 0) is 63.3 Å². The van der Waals surface area contributed by atoms with E-state index in [2.05, 4.69) is 17.4 Å². The van der Waals surface area contributed by atoms with Crippen molar-refractivity contribution in [3.05, 3.63) is 77.4 Å². The number of alkyl carbamates (subject to hydrolysis) is 1. The van der Waals surface area contributed by atoms with E-state index >= 15 is 0 Å². The number of hydrogen-bond donors (Lipinski definition) is 1. The highest BCUT2D eigenvalue weighted by Gasteiger charge is 2.25. The molecule has 1 aliphatic rings. The van der Waals surface area contributed by atoms with Gasteiger partial charge in [-0.2, -0.15) is 0 Å². The Morgan fingerprint density at radius 2 is 1.80 bits per heavy atom. The van der Waals surface area contributed by atoms with Crippen LogP contribution in [0, 0.1) is 5.82 Å². The topological polar surface area (TPSA) is 67.9 Å². The molecule has 0 atom stereocenters. The monoisotopic (exact) mass is 486 g/mol. The van der Waals surface area contributed by atoms with Crippen LogP contribution in [0.4, 0.5) is 13.6 Å². The van der Waals surface area contributed by atoms with Gasteiger partial charge in [-0.1, -0.05) is 30.3 Å². The molecule has 0 spiro atoms. The lowest BCUT2D eigenvalue weighted by Gasteiger charge is -2.32. The van der Waals surface area contributed by atoms with Gasteiger partial charge >= 0.3 is 6.09 Å². The first-order chi connectivity index (χ1) is 16.7. The number of hydrogen-bond acceptors (Lipinski definition) is 4. The van der Waals surface area contributed by atoms with E-state index in [0.29, 0.717) is 25.3 Å². The predicted molar refractivity (Wildman–Crippen MR) is 130 cm³/mol. The summed E-state index contributed by atoms with van der Waals surface area (Å²) in [7, 11) is 0. The fourth-order valence-corrected chi connectivity index (χ4v) is 3.87. The number of ether oxygens (including phenoxy) is 2. The maximum Gasteiger partial charge on any atom is 0.407 e. The third-order valence-electron chi connectivity index (χ3n) is 5.66. The largest absolute Gasteiger partial charge is 0.486 e. The molecule has 0 aromatic heterocycles. The van der Waals surface area contributed by atoms with E-state index in [-0.39, 0.29) is 35.9 Å². The zero-order valence-corrected chi connectivity index (χ0v) is 20.4. The molecule has 1 N–H and O–H groups in total. The van der Waals surface area contributed by atoms with Gasteiger partial charge in [0, 0.05) is 30.8 Å². The van der Waals surface area contributed by atoms with Crippen molar-refractivity contribution in [2.75, 3.05) is 26.2 Å². The van der Waals surface area contributed by atoms with Crippen LogP contribution in [0.25, 0.3) is 0 Å². The molecule has 0 saturated carbocycles. The highest BCUT2D eigenvalue weighted by Crippen LogP contribution is 2.29. The Hall–Kier alpha value is -3.42. The van der Waals surface area contributed by atoms with Crippen molar-refractivity contribution in [2.45, 2.75) is 45.1 Å². The number of halogens is 2. The number of carbonyl (C=O) groups is 2. The minimum absolute atomic E-state index is 0.0942. The van der Waals surface area contributed by atoms with Gasteiger partial charge < -0.3 is 19.7 Å². The number of nitrogens with one attached hydrogen (secondary N) is 1. The summed E-state index contributed by atoms with van der Waals surface area (Å²) in [6.07, 6.45) is 1.31. The van der Waals surface area contributed by atoms with E-state index in [4.69, 9.17) is 9.47 Å². The summed E-state index contributed by atoms with van der Waals surface area (Å²) in [6, 6.07) is 14.2. The van der Waals surface area contributed by atoms with Crippen LogP contribution >= 0.6 is 0 Å². The minimum atomic E-state index is -0.715. The van der Waals surface area contributed by atoms with Crippen molar-refractivity contribution < 1.29 is 27.8 Å². The molecule has 0 unspecified atom stereocenters. The van der Waals surface area contributed by atoms with Crippen LogP contribution in [0.3, 0.4) is 0 Å². The van der Waals surface area contributed by atoms with E-state index in [1.807, 2.05) is 18.2 Å². The average Bonchev–Trinajstić information content (AvgIpc) is 2.84. The lowest BCUT2D eigenvalue weighted by Crippen LogP contribution is -2.38. The first-order valence-corrected chi connectivity index (χ1v) is 11.7. The third-order valence-corrected chi connectivity index (χ3v) is 5.66. The third kappa shape index (κ3) is 7.80. The van der Waals surface area contributed by atoms with Crippen molar-refractivity contribution >= 4 is 12.0 Å². The molecule has 0 bridgehead atoms. The number of amides is 2. The maximum absolute atomic E-state index is 14.6. The van der Waals surface area contributed by atoms with Crippen LogP contribution in [0.5, 0.6) is 5.75 Å². The summed E-state index contributed by atoms with van der Waals surface area (Å²) < 4.78 is 38.3. The molecule has 1 heterocycles. The summed E-state index contributed by atoms with van der Waals surface area (Å²) in [4.78, 5) is 26.3. The zero-order chi connectivity index (χ0) is 25.4. The highest BCUT2D eigenvalue weighted by molar-refractivity contribution is 5.94. The molecule has 2 aromatic rings. The summed E-state index contributed by atoms with van der Waals surface area (Å²) >= 11 is 0. The fourth-order valence-electron chi connectivity index (χ4n) is 3.87. The smallest absolute Gasteiger partial charge is 0.407 e. The first-order valence-electron chi connectivity index (χ1n) is 11.7. The number of nitrogens with zero attached hydrogens (tertiary/aromatic N) is 1. The molecule has 188 valence electrons. The van der Waals surface area contributed by atoms with Crippen LogP contribution in [0.2, 0.25) is 0 Å². The average molecular weight is 487 g/mol. The van der Waals surface area contributed by atoms with E-state index in [1.54, 1.807) is 25.7 Å². The van der Waals surface area contributed by atoms with Crippen LogP contribution < -0.4 is 10.1 Å². The number of benzene rings is 2. The molecule has 0 aliphatic carbocycles. The maximum atomic E-state index is 14.6. The van der Waals surface area contributed by atoms with E-state index in [0.717, 1.165) is 18.9 Å². The SMILES string of the molecule is CC(C)(C)OC(=O)NC/C(=C/F)COc1ccc(C(=O)N2CCC(c3ccccc3)CC2)cc1F. The van der Waals surface area contributed by atoms with E-state index < -0.39 is 17.5 Å². The Morgan fingerprint density at radius 3 is 2.40 bits per heavy atom. The molecule has 3 rings (SSSR count). The van der Waals surface area contributed by atoms with Crippen LogP contribution in [-0.4, -0.2) is 48.7 Å². The Bertz CT molecular complexity index is 1040. The van der Waals surface area contributed by atoms with Crippen molar-refractivity contribution in [3.8, 4) is 5.75 Å². The van der Waals surface area contributed by atoms with Crippen molar-refractivity contribution in [3.63, 3.8) is 0 Å². The van der Waals surface area contributed by atoms with E-state index in [1.165, 1.54) is 17.7 Å². The standard InChI is InChI=1S/C27H32F2N2O4/c1-27(2,3)35-26(33)30-17-19(16-28)18-34-24-10-9-22(15-23(24)29)25(32)31-13-11-21(12-14-31)20-7-5-4-6-8-20/h4-10,15-16,21H,11-14,17-18H2,1-3H3,(H,30,33)/b19-16-. The lowest BCUT2D eigenvalue weighted by molar-refractivity contribution is 0.0531. The van der Waals surface area contributed by atoms with Gasteiger partial charge in [0.25, 0.3) is 5.91 Å². The molecule has 1 fully saturated rings. The number of rotatable bonds is 7. The van der Waals surface area contributed by atoms with Crippen molar-refractivity contribution in [1.82, 2.24) is 10.2 Å². The van der Waals surface area contributed by atoms with Gasteiger partial charge in [-0.3, -0.25) is 4.79 Å². The minimum Gasteiger partial charge on any atom is -0.486 e. The quantitative estimate of drug-likeness (QED) is 0.553. The summed E-state index contributed by atoms with van der Waals surface area (Å²) in [5.74, 6) is -0.641. The van der Waals surface area contributed by atoms with Crippen molar-refractivity contribution in [2.24, 2.45) is 0 Å². The lowest BCUT2D eigenvalue weighted by atomic mass is 9.89. The fraction of sp³-hybridized carbons (Fsp3) is 0.407. The van der Waals surface area contributed by atoms with Crippen LogP contribution in [-0.2, 0) is 4.74 Å². The molecule has 2 amide bonds. The second-order valence-corrected chi connectivity index (χ2v) is 9.53. The number of piperidine rings is 1. The zero-order valence-electron chi connectivity index (χ0n) is 20.4. The second kappa shape index (κ2) is 11.8. The van der Waals surface area contributed by atoms with Gasteiger partial charge in [-0.25, -0.2) is 13.6 Å². The molecular weight excluding hydrogens is 454 g/mol. The summed E-state index contributed by atoms with van der Waals surface area (Å²) in [6.45, 7) is 5.93. The van der Waals surface area contributed by atoms with Gasteiger partial charge in [0.05, 0.1) is 6.33 Å².